The Bertz CT molecular complexity index is 412. The highest BCUT2D eigenvalue weighted by atomic mass is 16.5. The van der Waals surface area contributed by atoms with Crippen molar-refractivity contribution in [3.05, 3.63) is 11.9 Å². The van der Waals surface area contributed by atoms with Gasteiger partial charge in [0.15, 0.2) is 5.82 Å². The molecule has 1 aliphatic heterocycles. The van der Waals surface area contributed by atoms with E-state index in [0.29, 0.717) is 18.5 Å². The van der Waals surface area contributed by atoms with Crippen LogP contribution in [0.15, 0.2) is 6.07 Å². The zero-order valence-electron chi connectivity index (χ0n) is 11.9. The molecule has 1 aromatic rings. The minimum absolute atomic E-state index is 0.424. The zero-order chi connectivity index (χ0) is 13.7. The number of nitrogens with zero attached hydrogens (tertiary/aromatic N) is 3. The van der Waals surface area contributed by atoms with Gasteiger partial charge in [0.2, 0.25) is 0 Å². The van der Waals surface area contributed by atoms with Gasteiger partial charge < -0.3 is 20.3 Å². The Morgan fingerprint density at radius 1 is 1.42 bits per heavy atom. The van der Waals surface area contributed by atoms with Gasteiger partial charge in [0.1, 0.15) is 18.2 Å². The highest BCUT2D eigenvalue weighted by Gasteiger charge is 2.20. The fraction of sp³-hybridized carbons (Fsp3) is 0.692. The van der Waals surface area contributed by atoms with Crippen molar-refractivity contribution in [1.29, 1.82) is 0 Å². The first-order valence-corrected chi connectivity index (χ1v) is 6.71. The van der Waals surface area contributed by atoms with Gasteiger partial charge in [0.05, 0.1) is 0 Å². The van der Waals surface area contributed by atoms with Crippen LogP contribution in [0.3, 0.4) is 0 Å². The first kappa shape index (κ1) is 14.0. The monoisotopic (exact) mass is 265 g/mol. The van der Waals surface area contributed by atoms with E-state index >= 15 is 0 Å². The number of aromatic nitrogens is 2. The minimum Gasteiger partial charge on any atom is -0.377 e. The number of methoxy groups -OCH3 is 1. The van der Waals surface area contributed by atoms with Crippen LogP contribution in [0, 0.1) is 0 Å². The number of anilines is 2. The minimum atomic E-state index is 0.424. The molecule has 106 valence electrons. The van der Waals surface area contributed by atoms with E-state index in [1.54, 1.807) is 7.11 Å². The van der Waals surface area contributed by atoms with Gasteiger partial charge in [-0.3, -0.25) is 0 Å². The lowest BCUT2D eigenvalue weighted by Gasteiger charge is -2.20. The van der Waals surface area contributed by atoms with Crippen molar-refractivity contribution in [3.8, 4) is 0 Å². The van der Waals surface area contributed by atoms with Crippen molar-refractivity contribution < 1.29 is 4.74 Å². The Morgan fingerprint density at radius 3 is 2.84 bits per heavy atom. The predicted octanol–water partition coefficient (Wildman–Crippen LogP) is 1.17. The molecule has 0 bridgehead atoms. The van der Waals surface area contributed by atoms with Crippen LogP contribution in [0.1, 0.15) is 18.7 Å². The van der Waals surface area contributed by atoms with Gasteiger partial charge in [-0.15, -0.1) is 0 Å². The van der Waals surface area contributed by atoms with Crippen LogP contribution >= 0.6 is 0 Å². The maximum Gasteiger partial charge on any atom is 0.158 e. The van der Waals surface area contributed by atoms with Crippen LogP contribution in [0.5, 0.6) is 0 Å². The van der Waals surface area contributed by atoms with Crippen LogP contribution in [0.2, 0.25) is 0 Å². The summed E-state index contributed by atoms with van der Waals surface area (Å²) in [6.07, 6.45) is 2.53. The first-order valence-electron chi connectivity index (χ1n) is 6.71. The lowest BCUT2D eigenvalue weighted by atomic mass is 10.2. The van der Waals surface area contributed by atoms with E-state index in [9.17, 15) is 0 Å². The topological polar surface area (TPSA) is 62.3 Å². The summed E-state index contributed by atoms with van der Waals surface area (Å²) < 4.78 is 5.09. The predicted molar refractivity (Wildman–Crippen MR) is 76.4 cm³/mol. The molecule has 2 rings (SSSR count). The molecule has 1 atom stereocenters. The van der Waals surface area contributed by atoms with Gasteiger partial charge in [0, 0.05) is 32.8 Å². The van der Waals surface area contributed by atoms with Crippen molar-refractivity contribution in [1.82, 2.24) is 14.9 Å². The van der Waals surface area contributed by atoms with E-state index in [-0.39, 0.29) is 0 Å². The van der Waals surface area contributed by atoms with Gasteiger partial charge in [-0.25, -0.2) is 9.97 Å². The third-order valence-electron chi connectivity index (χ3n) is 3.49. The van der Waals surface area contributed by atoms with Gasteiger partial charge in [-0.2, -0.15) is 0 Å². The lowest BCUT2D eigenvalue weighted by Crippen LogP contribution is -2.31. The third-order valence-corrected chi connectivity index (χ3v) is 3.49. The first-order chi connectivity index (χ1) is 9.22. The summed E-state index contributed by atoms with van der Waals surface area (Å²) >= 11 is 0. The SMILES string of the molecule is CNc1cc(NCC2CCCN2C)nc(COC)n1. The van der Waals surface area contributed by atoms with Crippen molar-refractivity contribution in [2.75, 3.05) is 44.9 Å². The standard InChI is InChI=1S/C13H23N5O/c1-14-11-7-12(17-13(16-11)9-19-3)15-8-10-5-4-6-18(10)2/h7,10H,4-6,8-9H2,1-3H3,(H2,14,15,16,17). The number of ether oxygens (including phenoxy) is 1. The summed E-state index contributed by atoms with van der Waals surface area (Å²) in [6, 6.07) is 2.52. The Kier molecular flexibility index (Phi) is 4.93. The molecule has 6 nitrogen and oxygen atoms in total. The fourth-order valence-electron chi connectivity index (χ4n) is 2.37. The van der Waals surface area contributed by atoms with Gasteiger partial charge in [-0.05, 0) is 26.4 Å². The number of likely N-dealkylation sites (N-methyl/N-ethyl adjacent to an activating group) is 1. The van der Waals surface area contributed by atoms with Gasteiger partial charge in [-0.1, -0.05) is 0 Å². The van der Waals surface area contributed by atoms with Crippen LogP contribution in [-0.2, 0) is 11.3 Å². The summed E-state index contributed by atoms with van der Waals surface area (Å²) in [5.74, 6) is 2.35. The second-order valence-electron chi connectivity index (χ2n) is 4.90. The molecule has 0 radical (unpaired) electrons. The molecule has 2 heterocycles. The van der Waals surface area contributed by atoms with Gasteiger partial charge >= 0.3 is 0 Å². The molecule has 19 heavy (non-hydrogen) atoms. The lowest BCUT2D eigenvalue weighted by molar-refractivity contribution is 0.178. The number of rotatable bonds is 6. The quantitative estimate of drug-likeness (QED) is 0.805. The second kappa shape index (κ2) is 6.68. The maximum absolute atomic E-state index is 5.09. The molecule has 2 N–H and O–H groups in total. The molecule has 1 aliphatic rings. The number of likely N-dealkylation sites (tertiary alicyclic amines) is 1. The average Bonchev–Trinajstić information content (AvgIpc) is 2.82. The molecule has 0 amide bonds. The fourth-order valence-corrected chi connectivity index (χ4v) is 2.37. The largest absolute Gasteiger partial charge is 0.377 e. The number of nitrogens with one attached hydrogen (secondary N) is 2. The molecule has 1 aromatic heterocycles. The Balaban J connectivity index is 2.00. The number of hydrogen-bond donors (Lipinski definition) is 2. The molecule has 0 spiro atoms. The number of hydrogen-bond acceptors (Lipinski definition) is 6. The molecule has 0 aromatic carbocycles. The highest BCUT2D eigenvalue weighted by Crippen LogP contribution is 2.16. The van der Waals surface area contributed by atoms with Crippen molar-refractivity contribution >= 4 is 11.6 Å². The molecule has 1 unspecified atom stereocenters. The Hall–Kier alpha value is -1.40. The second-order valence-corrected chi connectivity index (χ2v) is 4.90. The summed E-state index contributed by atoms with van der Waals surface area (Å²) in [6.45, 7) is 2.53. The molecule has 1 saturated heterocycles. The van der Waals surface area contributed by atoms with E-state index in [1.165, 1.54) is 19.4 Å². The van der Waals surface area contributed by atoms with Crippen LogP contribution < -0.4 is 10.6 Å². The van der Waals surface area contributed by atoms with E-state index in [1.807, 2.05) is 13.1 Å². The van der Waals surface area contributed by atoms with Crippen molar-refractivity contribution in [2.24, 2.45) is 0 Å². The van der Waals surface area contributed by atoms with E-state index < -0.39 is 0 Å². The van der Waals surface area contributed by atoms with Crippen LogP contribution in [0.25, 0.3) is 0 Å². The molecule has 0 saturated carbocycles. The van der Waals surface area contributed by atoms with E-state index in [4.69, 9.17) is 4.74 Å². The molecular formula is C13H23N5O. The summed E-state index contributed by atoms with van der Waals surface area (Å²) in [5, 5.41) is 6.45. The van der Waals surface area contributed by atoms with E-state index in [2.05, 4.69) is 32.5 Å². The van der Waals surface area contributed by atoms with Crippen LogP contribution in [-0.4, -0.2) is 55.2 Å². The van der Waals surface area contributed by atoms with Crippen LogP contribution in [0.4, 0.5) is 11.6 Å². The van der Waals surface area contributed by atoms with Gasteiger partial charge in [0.25, 0.3) is 0 Å². The summed E-state index contributed by atoms with van der Waals surface area (Å²) in [5.41, 5.74) is 0. The smallest absolute Gasteiger partial charge is 0.158 e. The average molecular weight is 265 g/mol. The Labute approximate surface area is 114 Å². The molecule has 6 heteroatoms. The summed E-state index contributed by atoms with van der Waals surface area (Å²) in [4.78, 5) is 11.2. The molecule has 1 fully saturated rings. The third kappa shape index (κ3) is 3.78. The Morgan fingerprint density at radius 2 is 2.21 bits per heavy atom. The van der Waals surface area contributed by atoms with Crippen molar-refractivity contribution in [3.63, 3.8) is 0 Å². The zero-order valence-corrected chi connectivity index (χ0v) is 11.9. The van der Waals surface area contributed by atoms with Crippen molar-refractivity contribution in [2.45, 2.75) is 25.5 Å². The molecular weight excluding hydrogens is 242 g/mol. The summed E-state index contributed by atoms with van der Waals surface area (Å²) in [7, 11) is 5.68. The highest BCUT2D eigenvalue weighted by molar-refractivity contribution is 5.47. The maximum atomic E-state index is 5.09. The normalized spacial score (nSPS) is 19.6. The van der Waals surface area contributed by atoms with E-state index in [0.717, 1.165) is 18.2 Å². The molecule has 0 aliphatic carbocycles.